The molecule has 0 atom stereocenters. The van der Waals surface area contributed by atoms with Gasteiger partial charge in [0.2, 0.25) is 0 Å². The highest BCUT2D eigenvalue weighted by molar-refractivity contribution is 7.95. The van der Waals surface area contributed by atoms with E-state index in [-0.39, 0.29) is 0 Å². The first-order valence-corrected chi connectivity index (χ1v) is 12.5. The molecule has 144 valence electrons. The Kier molecular flexibility index (Phi) is 7.52. The molecule has 0 aliphatic heterocycles. The molecule has 0 fully saturated rings. The molecule has 0 spiro atoms. The van der Waals surface area contributed by atoms with Gasteiger partial charge < -0.3 is 0 Å². The summed E-state index contributed by atoms with van der Waals surface area (Å²) in [7, 11) is -1.77. The van der Waals surface area contributed by atoms with Crippen LogP contribution in [0.1, 0.15) is 40.4 Å². The topological polar surface area (TPSA) is 0 Å². The van der Waals surface area contributed by atoms with Crippen molar-refractivity contribution in [3.8, 4) is 0 Å². The van der Waals surface area contributed by atoms with Crippen molar-refractivity contribution < 1.29 is 1.37 Å². The summed E-state index contributed by atoms with van der Waals surface area (Å²) in [6.45, 7) is 2.21. The highest BCUT2D eigenvalue weighted by atomic mass is 31.2. The van der Waals surface area contributed by atoms with Gasteiger partial charge in [0.05, 0.1) is 7.53 Å². The standard InChI is InChI=1S/C27H32P/c1-2-3-4-5-6-7-17-24-28(25-18-11-8-12-19-25,26-20-13-9-14-21-26)27-22-15-10-16-23-27/h6-16,18-23H,2-5,17,24H2,1H3/q+1/b7-6-/i6D. The van der Waals surface area contributed by atoms with E-state index in [2.05, 4.69) is 104 Å². The summed E-state index contributed by atoms with van der Waals surface area (Å²) in [6.07, 6.45) is 8.62. The molecular weight excluding hydrogens is 355 g/mol. The van der Waals surface area contributed by atoms with Crippen LogP contribution in [0, 0.1) is 0 Å². The summed E-state index contributed by atoms with van der Waals surface area (Å²) in [5.74, 6) is 0. The van der Waals surface area contributed by atoms with Gasteiger partial charge in [-0.05, 0) is 49.2 Å². The summed E-state index contributed by atoms with van der Waals surface area (Å²) in [6, 6.07) is 33.8. The molecule has 0 aliphatic carbocycles. The summed E-state index contributed by atoms with van der Waals surface area (Å²) >= 11 is 0. The van der Waals surface area contributed by atoms with Gasteiger partial charge in [0, 0.05) is 6.42 Å². The third-order valence-electron chi connectivity index (χ3n) is 5.27. The normalized spacial score (nSPS) is 12.6. The number of hydrogen-bond acceptors (Lipinski definition) is 0. The second kappa shape index (κ2) is 11.0. The fraction of sp³-hybridized carbons (Fsp3) is 0.259. The number of benzene rings is 3. The van der Waals surface area contributed by atoms with Gasteiger partial charge in [0.15, 0.2) is 0 Å². The lowest BCUT2D eigenvalue weighted by molar-refractivity contribution is 0.728. The lowest BCUT2D eigenvalue weighted by Crippen LogP contribution is -2.33. The molecule has 0 N–H and O–H groups in total. The van der Waals surface area contributed by atoms with E-state index in [9.17, 15) is 0 Å². The zero-order valence-corrected chi connectivity index (χ0v) is 17.8. The van der Waals surface area contributed by atoms with Gasteiger partial charge in [0.1, 0.15) is 23.2 Å². The largest absolute Gasteiger partial charge is 0.112 e. The van der Waals surface area contributed by atoms with Crippen LogP contribution in [0.2, 0.25) is 0 Å². The van der Waals surface area contributed by atoms with Crippen LogP contribution < -0.4 is 15.9 Å². The maximum Gasteiger partial charge on any atom is 0.112 e. The van der Waals surface area contributed by atoms with Gasteiger partial charge in [-0.25, -0.2) is 0 Å². The van der Waals surface area contributed by atoms with Crippen LogP contribution in [0.15, 0.2) is 103 Å². The molecule has 3 aromatic carbocycles. The predicted octanol–water partition coefficient (Wildman–Crippen LogP) is 6.51. The zero-order valence-electron chi connectivity index (χ0n) is 17.9. The van der Waals surface area contributed by atoms with Crippen LogP contribution in [-0.4, -0.2) is 6.16 Å². The molecule has 0 heterocycles. The molecule has 28 heavy (non-hydrogen) atoms. The van der Waals surface area contributed by atoms with Gasteiger partial charge >= 0.3 is 0 Å². The van der Waals surface area contributed by atoms with Crippen molar-refractivity contribution >= 4 is 23.2 Å². The minimum absolute atomic E-state index is 0.797. The molecule has 1 heteroatoms. The van der Waals surface area contributed by atoms with Crippen molar-refractivity contribution in [2.24, 2.45) is 0 Å². The fourth-order valence-electron chi connectivity index (χ4n) is 3.82. The average molecular weight is 389 g/mol. The first-order chi connectivity index (χ1) is 14.3. The first kappa shape index (κ1) is 19.2. The van der Waals surface area contributed by atoms with Gasteiger partial charge in [-0.3, -0.25) is 0 Å². The fourth-order valence-corrected chi connectivity index (χ4v) is 8.05. The lowest BCUT2D eigenvalue weighted by Gasteiger charge is -2.27. The van der Waals surface area contributed by atoms with E-state index < -0.39 is 7.26 Å². The van der Waals surface area contributed by atoms with Crippen molar-refractivity contribution in [2.75, 3.05) is 6.16 Å². The van der Waals surface area contributed by atoms with Crippen molar-refractivity contribution in [2.45, 2.75) is 39.0 Å². The number of allylic oxidation sites excluding steroid dienone is 2. The second-order valence-electron chi connectivity index (χ2n) is 7.19. The lowest BCUT2D eigenvalue weighted by atomic mass is 10.2. The van der Waals surface area contributed by atoms with Crippen LogP contribution in [-0.2, 0) is 0 Å². The van der Waals surface area contributed by atoms with Gasteiger partial charge in [0.25, 0.3) is 0 Å². The Morgan fingerprint density at radius 1 is 0.679 bits per heavy atom. The molecule has 0 aliphatic rings. The first-order valence-electron chi connectivity index (χ1n) is 11.0. The van der Waals surface area contributed by atoms with Crippen molar-refractivity contribution in [1.29, 1.82) is 0 Å². The monoisotopic (exact) mass is 388 g/mol. The molecule has 0 saturated carbocycles. The van der Waals surface area contributed by atoms with Crippen molar-refractivity contribution in [3.05, 3.63) is 103 Å². The molecular formula is C27H32P+. The molecule has 3 rings (SSSR count). The summed E-state index contributed by atoms with van der Waals surface area (Å²) in [5.41, 5.74) is 0. The van der Waals surface area contributed by atoms with E-state index in [1.807, 2.05) is 0 Å². The van der Waals surface area contributed by atoms with Crippen LogP contribution in [0.5, 0.6) is 0 Å². The van der Waals surface area contributed by atoms with E-state index in [0.29, 0.717) is 0 Å². The Hall–Kier alpha value is -2.17. The molecule has 0 aromatic heterocycles. The Morgan fingerprint density at radius 2 is 1.14 bits per heavy atom. The van der Waals surface area contributed by atoms with Gasteiger partial charge in [-0.2, -0.15) is 0 Å². The van der Waals surface area contributed by atoms with Crippen molar-refractivity contribution in [3.63, 3.8) is 0 Å². The maximum atomic E-state index is 8.35. The summed E-state index contributed by atoms with van der Waals surface area (Å²) in [4.78, 5) is 0. The maximum absolute atomic E-state index is 8.35. The summed E-state index contributed by atoms with van der Waals surface area (Å²) in [5, 5.41) is 4.26. The van der Waals surface area contributed by atoms with Gasteiger partial charge in [-0.1, -0.05) is 86.5 Å². The van der Waals surface area contributed by atoms with E-state index in [1.54, 1.807) is 0 Å². The van der Waals surface area contributed by atoms with Crippen LogP contribution in [0.3, 0.4) is 0 Å². The molecule has 0 amide bonds. The van der Waals surface area contributed by atoms with Crippen LogP contribution in [0.25, 0.3) is 0 Å². The molecule has 0 saturated heterocycles. The Bertz CT molecular complexity index is 776. The third-order valence-corrected chi connectivity index (χ3v) is 9.74. The van der Waals surface area contributed by atoms with E-state index in [0.717, 1.165) is 31.5 Å². The minimum atomic E-state index is -1.77. The average Bonchev–Trinajstić information content (AvgIpc) is 2.79. The van der Waals surface area contributed by atoms with E-state index in [1.165, 1.54) is 28.8 Å². The number of rotatable bonds is 10. The van der Waals surface area contributed by atoms with Crippen molar-refractivity contribution in [1.82, 2.24) is 0 Å². The Labute approximate surface area is 173 Å². The molecule has 0 unspecified atom stereocenters. The predicted molar refractivity (Wildman–Crippen MR) is 128 cm³/mol. The number of hydrogen-bond donors (Lipinski definition) is 0. The van der Waals surface area contributed by atoms with E-state index >= 15 is 0 Å². The van der Waals surface area contributed by atoms with E-state index in [4.69, 9.17) is 1.37 Å². The van der Waals surface area contributed by atoms with Crippen LogP contribution in [0.4, 0.5) is 0 Å². The zero-order chi connectivity index (χ0) is 20.4. The summed E-state index contributed by atoms with van der Waals surface area (Å²) < 4.78 is 8.35. The molecule has 0 bridgehead atoms. The third kappa shape index (κ3) is 5.00. The second-order valence-corrected chi connectivity index (χ2v) is 10.8. The smallest absolute Gasteiger partial charge is 0.0884 e. The highest BCUT2D eigenvalue weighted by Crippen LogP contribution is 2.55. The molecule has 0 radical (unpaired) electrons. The quantitative estimate of drug-likeness (QED) is 0.211. The Balaban J connectivity index is 2.00. The minimum Gasteiger partial charge on any atom is -0.0884 e. The molecule has 3 aromatic rings. The highest BCUT2D eigenvalue weighted by Gasteiger charge is 2.44. The van der Waals surface area contributed by atoms with Crippen LogP contribution >= 0.6 is 7.26 Å². The van der Waals surface area contributed by atoms with Gasteiger partial charge in [-0.15, -0.1) is 0 Å². The molecule has 0 nitrogen and oxygen atoms in total. The number of unbranched alkanes of at least 4 members (excludes halogenated alkanes) is 2. The Morgan fingerprint density at radius 3 is 1.57 bits per heavy atom. The SMILES string of the molecule is [2H]/C(=C/CC[P+](c1ccccc1)(c1ccccc1)c1ccccc1)CCCCC.